The monoisotopic (exact) mass is 293 g/mol. The van der Waals surface area contributed by atoms with Gasteiger partial charge in [-0.2, -0.15) is 0 Å². The van der Waals surface area contributed by atoms with Gasteiger partial charge in [0.1, 0.15) is 5.70 Å². The van der Waals surface area contributed by atoms with Gasteiger partial charge in [0.2, 0.25) is 5.91 Å². The third-order valence-corrected chi connectivity index (χ3v) is 2.40. The van der Waals surface area contributed by atoms with Crippen LogP contribution in [0.2, 0.25) is 0 Å². The van der Waals surface area contributed by atoms with E-state index < -0.39 is 11.9 Å². The van der Waals surface area contributed by atoms with Gasteiger partial charge >= 0.3 is 5.97 Å². The Morgan fingerprint density at radius 3 is 2.43 bits per heavy atom. The smallest absolute Gasteiger partial charge is 0.352 e. The van der Waals surface area contributed by atoms with Crippen LogP contribution in [0.5, 0.6) is 11.5 Å². The first-order chi connectivity index (χ1) is 9.83. The van der Waals surface area contributed by atoms with Crippen molar-refractivity contribution in [3.05, 3.63) is 29.5 Å². The summed E-state index contributed by atoms with van der Waals surface area (Å²) in [5, 5.41) is 11.3. The molecule has 1 aromatic carbocycles. The fraction of sp³-hybridized carbons (Fsp3) is 0.333. The second-order valence-corrected chi connectivity index (χ2v) is 4.62. The van der Waals surface area contributed by atoms with E-state index in [0.29, 0.717) is 17.1 Å². The molecule has 0 spiro atoms. The quantitative estimate of drug-likeness (QED) is 0.784. The summed E-state index contributed by atoms with van der Waals surface area (Å²) in [5.41, 5.74) is 0.371. The molecule has 2 N–H and O–H groups in total. The van der Waals surface area contributed by atoms with Crippen LogP contribution >= 0.6 is 0 Å². The van der Waals surface area contributed by atoms with Gasteiger partial charge in [-0.25, -0.2) is 4.79 Å². The minimum atomic E-state index is -1.22. The van der Waals surface area contributed by atoms with Gasteiger partial charge in [0.15, 0.2) is 11.5 Å². The Labute approximate surface area is 123 Å². The highest BCUT2D eigenvalue weighted by Gasteiger charge is 2.11. The Morgan fingerprint density at radius 1 is 1.29 bits per heavy atom. The summed E-state index contributed by atoms with van der Waals surface area (Å²) in [6.45, 7) is 5.04. The van der Waals surface area contributed by atoms with Gasteiger partial charge in [0.25, 0.3) is 0 Å². The van der Waals surface area contributed by atoms with Crippen LogP contribution in [-0.4, -0.2) is 30.2 Å². The molecule has 1 amide bonds. The molecule has 0 aliphatic rings. The molecule has 0 unspecified atom stereocenters. The summed E-state index contributed by atoms with van der Waals surface area (Å²) in [6, 6.07) is 5.02. The molecule has 0 heterocycles. The summed E-state index contributed by atoms with van der Waals surface area (Å²) in [4.78, 5) is 22.1. The van der Waals surface area contributed by atoms with Crippen LogP contribution in [0, 0.1) is 0 Å². The SMILES string of the molecule is COc1cc(/C=C(/NC(C)=O)C(=O)O)ccc1OC(C)C. The third kappa shape index (κ3) is 5.18. The first-order valence-electron chi connectivity index (χ1n) is 6.40. The topological polar surface area (TPSA) is 84.9 Å². The molecule has 21 heavy (non-hydrogen) atoms. The van der Waals surface area contributed by atoms with Crippen LogP contribution in [-0.2, 0) is 9.59 Å². The van der Waals surface area contributed by atoms with Crippen molar-refractivity contribution >= 4 is 18.0 Å². The van der Waals surface area contributed by atoms with Crippen molar-refractivity contribution in [2.75, 3.05) is 7.11 Å². The molecule has 0 aliphatic carbocycles. The Balaban J connectivity index is 3.13. The predicted octanol–water partition coefficient (Wildman–Crippen LogP) is 2.04. The highest BCUT2D eigenvalue weighted by Crippen LogP contribution is 2.29. The Morgan fingerprint density at radius 2 is 1.95 bits per heavy atom. The van der Waals surface area contributed by atoms with Crippen molar-refractivity contribution < 1.29 is 24.2 Å². The summed E-state index contributed by atoms with van der Waals surface area (Å²) >= 11 is 0. The van der Waals surface area contributed by atoms with Crippen molar-refractivity contribution in [2.45, 2.75) is 26.9 Å². The number of carboxylic acids is 1. The maximum Gasteiger partial charge on any atom is 0.352 e. The van der Waals surface area contributed by atoms with Crippen LogP contribution in [0.3, 0.4) is 0 Å². The van der Waals surface area contributed by atoms with E-state index in [1.54, 1.807) is 18.2 Å². The number of carbonyl (C=O) groups is 2. The second kappa shape index (κ2) is 7.33. The minimum Gasteiger partial charge on any atom is -0.493 e. The number of carbonyl (C=O) groups excluding carboxylic acids is 1. The Kier molecular flexibility index (Phi) is 5.78. The van der Waals surface area contributed by atoms with Gasteiger partial charge in [-0.3, -0.25) is 4.79 Å². The molecule has 6 heteroatoms. The number of benzene rings is 1. The van der Waals surface area contributed by atoms with Gasteiger partial charge < -0.3 is 19.9 Å². The van der Waals surface area contributed by atoms with Gasteiger partial charge in [-0.1, -0.05) is 6.07 Å². The molecule has 0 fully saturated rings. The Bertz CT molecular complexity index is 563. The van der Waals surface area contributed by atoms with Crippen LogP contribution in [0.1, 0.15) is 26.3 Å². The lowest BCUT2D eigenvalue weighted by Crippen LogP contribution is -2.24. The zero-order chi connectivity index (χ0) is 16.0. The molecule has 0 bridgehead atoms. The number of amides is 1. The van der Waals surface area contributed by atoms with Crippen molar-refractivity contribution in [3.8, 4) is 11.5 Å². The number of hydrogen-bond acceptors (Lipinski definition) is 4. The number of methoxy groups -OCH3 is 1. The molecule has 0 saturated carbocycles. The van der Waals surface area contributed by atoms with E-state index in [9.17, 15) is 9.59 Å². The molecule has 0 aromatic heterocycles. The average Bonchev–Trinajstić information content (AvgIpc) is 2.38. The number of rotatable bonds is 6. The predicted molar refractivity (Wildman–Crippen MR) is 78.2 cm³/mol. The highest BCUT2D eigenvalue weighted by molar-refractivity contribution is 5.96. The van der Waals surface area contributed by atoms with Crippen LogP contribution in [0.4, 0.5) is 0 Å². The van der Waals surface area contributed by atoms with Crippen LogP contribution in [0.15, 0.2) is 23.9 Å². The lowest BCUT2D eigenvalue weighted by Gasteiger charge is -2.14. The normalized spacial score (nSPS) is 11.2. The lowest BCUT2D eigenvalue weighted by atomic mass is 10.1. The minimum absolute atomic E-state index is 0.00532. The first kappa shape index (κ1) is 16.6. The molecule has 6 nitrogen and oxygen atoms in total. The van der Waals surface area contributed by atoms with Gasteiger partial charge in [-0.05, 0) is 37.6 Å². The maximum atomic E-state index is 11.1. The average molecular weight is 293 g/mol. The zero-order valence-corrected chi connectivity index (χ0v) is 12.5. The number of nitrogens with one attached hydrogen (secondary N) is 1. The standard InChI is InChI=1S/C15H19NO5/c1-9(2)21-13-6-5-11(8-14(13)20-4)7-12(15(18)19)16-10(3)17/h5-9H,1-4H3,(H,16,17)(H,18,19)/b12-7+. The number of hydrogen-bond donors (Lipinski definition) is 2. The van der Waals surface area contributed by atoms with Crippen molar-refractivity contribution in [1.82, 2.24) is 5.32 Å². The second-order valence-electron chi connectivity index (χ2n) is 4.62. The summed E-state index contributed by atoms with van der Waals surface area (Å²) in [5.74, 6) is -0.604. The Hall–Kier alpha value is -2.50. The van der Waals surface area contributed by atoms with E-state index >= 15 is 0 Å². The molecule has 1 aromatic rings. The first-order valence-corrected chi connectivity index (χ1v) is 6.40. The van der Waals surface area contributed by atoms with Crippen molar-refractivity contribution in [3.63, 3.8) is 0 Å². The van der Waals surface area contributed by atoms with Gasteiger partial charge in [0.05, 0.1) is 13.2 Å². The molecule has 0 radical (unpaired) electrons. The van der Waals surface area contributed by atoms with E-state index in [1.165, 1.54) is 20.1 Å². The molecule has 0 aliphatic heterocycles. The fourth-order valence-corrected chi connectivity index (χ4v) is 1.63. The van der Waals surface area contributed by atoms with Gasteiger partial charge in [0, 0.05) is 6.92 Å². The van der Waals surface area contributed by atoms with E-state index in [-0.39, 0.29) is 11.8 Å². The van der Waals surface area contributed by atoms with E-state index in [1.807, 2.05) is 13.8 Å². The van der Waals surface area contributed by atoms with Crippen molar-refractivity contribution in [1.29, 1.82) is 0 Å². The number of carboxylic acid groups (broad SMARTS) is 1. The third-order valence-electron chi connectivity index (χ3n) is 2.40. The molecule has 114 valence electrons. The van der Waals surface area contributed by atoms with E-state index in [4.69, 9.17) is 14.6 Å². The molecule has 1 rings (SSSR count). The van der Waals surface area contributed by atoms with Crippen LogP contribution in [0.25, 0.3) is 6.08 Å². The zero-order valence-electron chi connectivity index (χ0n) is 12.5. The molecular weight excluding hydrogens is 274 g/mol. The van der Waals surface area contributed by atoms with E-state index in [2.05, 4.69) is 5.32 Å². The largest absolute Gasteiger partial charge is 0.493 e. The highest BCUT2D eigenvalue weighted by atomic mass is 16.5. The maximum absolute atomic E-state index is 11.1. The summed E-state index contributed by atoms with van der Waals surface area (Å²) in [6.07, 6.45) is 1.35. The molecule has 0 saturated heterocycles. The number of aliphatic carboxylic acids is 1. The lowest BCUT2D eigenvalue weighted by molar-refractivity contribution is -0.134. The fourth-order valence-electron chi connectivity index (χ4n) is 1.63. The molecular formula is C15H19NO5. The van der Waals surface area contributed by atoms with Crippen LogP contribution < -0.4 is 14.8 Å². The number of ether oxygens (including phenoxy) is 2. The molecule has 0 atom stereocenters. The summed E-state index contributed by atoms with van der Waals surface area (Å²) < 4.78 is 10.8. The van der Waals surface area contributed by atoms with Gasteiger partial charge in [-0.15, -0.1) is 0 Å². The van der Waals surface area contributed by atoms with E-state index in [0.717, 1.165) is 0 Å². The summed E-state index contributed by atoms with van der Waals surface area (Å²) in [7, 11) is 1.50. The van der Waals surface area contributed by atoms with Crippen molar-refractivity contribution in [2.24, 2.45) is 0 Å².